The first-order valence-electron chi connectivity index (χ1n) is 9.01. The average Bonchev–Trinajstić information content (AvgIpc) is 3.02. The smallest absolute Gasteiger partial charge is 0.270 e. The normalized spacial score (nSPS) is 15.1. The summed E-state index contributed by atoms with van der Waals surface area (Å²) in [7, 11) is 0. The van der Waals surface area contributed by atoms with Gasteiger partial charge in [-0.25, -0.2) is 4.39 Å². The minimum atomic E-state index is -0.276. The fraction of sp³-hybridized carbons (Fsp3) is 0.0435. The van der Waals surface area contributed by atoms with E-state index < -0.39 is 0 Å². The van der Waals surface area contributed by atoms with Gasteiger partial charge in [-0.1, -0.05) is 60.4 Å². The zero-order valence-corrected chi connectivity index (χ0v) is 18.8. The highest BCUT2D eigenvalue weighted by atomic mass is 79.9. The molecule has 4 rings (SSSR count). The maximum atomic E-state index is 13.0. The number of anilines is 1. The van der Waals surface area contributed by atoms with Gasteiger partial charge in [-0.2, -0.15) is 0 Å². The molecule has 0 bridgehead atoms. The molecule has 0 aromatic heterocycles. The first-order valence-corrected chi connectivity index (χ1v) is 11.0. The molecule has 0 spiro atoms. The maximum Gasteiger partial charge on any atom is 0.270 e. The Bertz CT molecular complexity index is 1130. The van der Waals surface area contributed by atoms with E-state index in [0.29, 0.717) is 21.6 Å². The predicted molar refractivity (Wildman–Crippen MR) is 127 cm³/mol. The van der Waals surface area contributed by atoms with E-state index in [4.69, 9.17) is 17.0 Å². The van der Waals surface area contributed by atoms with E-state index in [9.17, 15) is 9.18 Å². The number of ether oxygens (including phenoxy) is 1. The lowest BCUT2D eigenvalue weighted by Gasteiger charge is -2.13. The second-order valence-corrected chi connectivity index (χ2v) is 8.99. The summed E-state index contributed by atoms with van der Waals surface area (Å²) in [6.07, 6.45) is 1.82. The Morgan fingerprint density at radius 1 is 1.07 bits per heavy atom. The number of hydrogen-bond acceptors (Lipinski definition) is 4. The molecule has 1 fully saturated rings. The van der Waals surface area contributed by atoms with Crippen molar-refractivity contribution >= 4 is 61.9 Å². The average molecular weight is 500 g/mol. The van der Waals surface area contributed by atoms with E-state index in [2.05, 4.69) is 15.9 Å². The molecule has 30 heavy (non-hydrogen) atoms. The van der Waals surface area contributed by atoms with E-state index in [-0.39, 0.29) is 11.7 Å². The zero-order valence-electron chi connectivity index (χ0n) is 15.5. The summed E-state index contributed by atoms with van der Waals surface area (Å²) in [5, 5.41) is 0. The van der Waals surface area contributed by atoms with Crippen molar-refractivity contribution in [3.8, 4) is 5.75 Å². The van der Waals surface area contributed by atoms with E-state index in [1.165, 1.54) is 23.9 Å². The third-order valence-corrected chi connectivity index (χ3v) is 6.29. The molecule has 0 radical (unpaired) electrons. The molecule has 0 unspecified atom stereocenters. The molecule has 0 aliphatic carbocycles. The second kappa shape index (κ2) is 9.12. The molecule has 3 aromatic carbocycles. The van der Waals surface area contributed by atoms with Gasteiger partial charge in [-0.15, -0.1) is 0 Å². The SMILES string of the molecule is O=C1/C(=C\c2ccc(OCc3ccc(F)cc3)c(Br)c2)SC(=S)N1c1ccccc1. The molecule has 1 amide bonds. The monoisotopic (exact) mass is 499 g/mol. The van der Waals surface area contributed by atoms with E-state index in [1.54, 1.807) is 17.0 Å². The Labute approximate surface area is 191 Å². The summed E-state index contributed by atoms with van der Waals surface area (Å²) in [4.78, 5) is 15.0. The molecule has 0 saturated carbocycles. The lowest BCUT2D eigenvalue weighted by molar-refractivity contribution is -0.113. The van der Waals surface area contributed by atoms with Crippen molar-refractivity contribution in [2.45, 2.75) is 6.61 Å². The molecule has 0 N–H and O–H groups in total. The van der Waals surface area contributed by atoms with Crippen molar-refractivity contribution in [1.82, 2.24) is 0 Å². The van der Waals surface area contributed by atoms with Crippen LogP contribution in [0.15, 0.2) is 82.2 Å². The van der Waals surface area contributed by atoms with Gasteiger partial charge < -0.3 is 4.74 Å². The van der Waals surface area contributed by atoms with E-state index in [0.717, 1.165) is 21.3 Å². The quantitative estimate of drug-likeness (QED) is 0.293. The molecular weight excluding hydrogens is 485 g/mol. The van der Waals surface area contributed by atoms with Gasteiger partial charge in [0.1, 0.15) is 18.2 Å². The fourth-order valence-corrected chi connectivity index (χ4v) is 4.69. The van der Waals surface area contributed by atoms with Crippen LogP contribution in [-0.4, -0.2) is 10.2 Å². The highest BCUT2D eigenvalue weighted by Gasteiger charge is 2.33. The standard InChI is InChI=1S/C23H15BrFNO2S2/c24-19-12-16(8-11-20(19)28-14-15-6-9-17(25)10-7-15)13-21-22(27)26(23(29)30-21)18-4-2-1-3-5-18/h1-13H,14H2/b21-13+. The summed E-state index contributed by atoms with van der Waals surface area (Å²) in [5.74, 6) is 0.249. The van der Waals surface area contributed by atoms with Gasteiger partial charge in [0.05, 0.1) is 15.1 Å². The number of benzene rings is 3. The number of thiocarbonyl (C=S) groups is 1. The Hall–Kier alpha value is -2.48. The molecular formula is C23H15BrFNO2S2. The third-order valence-electron chi connectivity index (χ3n) is 4.37. The van der Waals surface area contributed by atoms with Gasteiger partial charge in [0.2, 0.25) is 0 Å². The van der Waals surface area contributed by atoms with Crippen LogP contribution < -0.4 is 9.64 Å². The van der Waals surface area contributed by atoms with Crippen molar-refractivity contribution in [1.29, 1.82) is 0 Å². The van der Waals surface area contributed by atoms with Crippen molar-refractivity contribution in [2.75, 3.05) is 4.90 Å². The Morgan fingerprint density at radius 2 is 1.80 bits per heavy atom. The molecule has 3 nitrogen and oxygen atoms in total. The molecule has 1 saturated heterocycles. The van der Waals surface area contributed by atoms with E-state index in [1.807, 2.05) is 54.6 Å². The predicted octanol–water partition coefficient (Wildman–Crippen LogP) is 6.57. The topological polar surface area (TPSA) is 29.5 Å². The fourth-order valence-electron chi connectivity index (χ4n) is 2.88. The number of nitrogens with zero attached hydrogens (tertiary/aromatic N) is 1. The van der Waals surface area contributed by atoms with Crippen LogP contribution in [0.5, 0.6) is 5.75 Å². The molecule has 150 valence electrons. The van der Waals surface area contributed by atoms with Crippen LogP contribution >= 0.6 is 39.9 Å². The highest BCUT2D eigenvalue weighted by molar-refractivity contribution is 9.10. The van der Waals surface area contributed by atoms with E-state index >= 15 is 0 Å². The van der Waals surface area contributed by atoms with Crippen LogP contribution in [0.25, 0.3) is 6.08 Å². The lowest BCUT2D eigenvalue weighted by Crippen LogP contribution is -2.27. The lowest BCUT2D eigenvalue weighted by atomic mass is 10.2. The van der Waals surface area contributed by atoms with Crippen LogP contribution in [0.2, 0.25) is 0 Å². The van der Waals surface area contributed by atoms with Crippen LogP contribution in [0.4, 0.5) is 10.1 Å². The van der Waals surface area contributed by atoms with Crippen LogP contribution in [0.3, 0.4) is 0 Å². The second-order valence-electron chi connectivity index (χ2n) is 6.46. The molecule has 0 atom stereocenters. The molecule has 1 aliphatic heterocycles. The maximum absolute atomic E-state index is 13.0. The highest BCUT2D eigenvalue weighted by Crippen LogP contribution is 2.36. The van der Waals surface area contributed by atoms with Gasteiger partial charge in [-0.3, -0.25) is 9.69 Å². The number of thioether (sulfide) groups is 1. The van der Waals surface area contributed by atoms with Crippen LogP contribution in [-0.2, 0) is 11.4 Å². The summed E-state index contributed by atoms with van der Waals surface area (Å²) in [6.45, 7) is 0.327. The van der Waals surface area contributed by atoms with Crippen LogP contribution in [0, 0.1) is 5.82 Å². The summed E-state index contributed by atoms with van der Waals surface area (Å²) < 4.78 is 20.1. The number of rotatable bonds is 5. The van der Waals surface area contributed by atoms with Crippen molar-refractivity contribution < 1.29 is 13.9 Å². The van der Waals surface area contributed by atoms with Gasteiger partial charge in [0, 0.05) is 0 Å². The first-order chi connectivity index (χ1) is 14.5. The molecule has 1 heterocycles. The molecule has 7 heteroatoms. The minimum Gasteiger partial charge on any atom is -0.488 e. The minimum absolute atomic E-state index is 0.135. The third kappa shape index (κ3) is 4.64. The Morgan fingerprint density at radius 3 is 2.50 bits per heavy atom. The Balaban J connectivity index is 1.49. The number of hydrogen-bond donors (Lipinski definition) is 0. The Kier molecular flexibility index (Phi) is 6.32. The molecule has 1 aliphatic rings. The zero-order chi connectivity index (χ0) is 21.1. The number of amides is 1. The van der Waals surface area contributed by atoms with Crippen molar-refractivity contribution in [3.63, 3.8) is 0 Å². The number of carbonyl (C=O) groups is 1. The number of halogens is 2. The first kappa shape index (κ1) is 20.8. The van der Waals surface area contributed by atoms with Crippen LogP contribution in [0.1, 0.15) is 11.1 Å². The van der Waals surface area contributed by atoms with Crippen molar-refractivity contribution in [3.05, 3.63) is 99.1 Å². The largest absolute Gasteiger partial charge is 0.488 e. The van der Waals surface area contributed by atoms with Gasteiger partial charge >= 0.3 is 0 Å². The van der Waals surface area contributed by atoms with Crippen molar-refractivity contribution in [2.24, 2.45) is 0 Å². The number of para-hydroxylation sites is 1. The molecule has 3 aromatic rings. The summed E-state index contributed by atoms with van der Waals surface area (Å²) in [5.41, 5.74) is 2.48. The van der Waals surface area contributed by atoms with Gasteiger partial charge in [-0.05, 0) is 69.5 Å². The summed E-state index contributed by atoms with van der Waals surface area (Å²) >= 11 is 10.2. The summed E-state index contributed by atoms with van der Waals surface area (Å²) in [6, 6.07) is 21.1. The van der Waals surface area contributed by atoms with Gasteiger partial charge in [0.15, 0.2) is 4.32 Å². The van der Waals surface area contributed by atoms with Gasteiger partial charge in [0.25, 0.3) is 5.91 Å². The number of carbonyl (C=O) groups excluding carboxylic acids is 1.